The Morgan fingerprint density at radius 1 is 1.10 bits per heavy atom. The largest absolute Gasteiger partial charge is 0.324 e. The minimum atomic E-state index is -0.506. The molecule has 2 heterocycles. The predicted molar refractivity (Wildman–Crippen MR) is 111 cm³/mol. The van der Waals surface area contributed by atoms with Crippen molar-refractivity contribution in [3.63, 3.8) is 0 Å². The quantitative estimate of drug-likeness (QED) is 0.713. The van der Waals surface area contributed by atoms with E-state index in [9.17, 15) is 9.59 Å². The predicted octanol–water partition coefficient (Wildman–Crippen LogP) is 2.43. The van der Waals surface area contributed by atoms with Gasteiger partial charge in [-0.2, -0.15) is 0 Å². The van der Waals surface area contributed by atoms with Crippen LogP contribution in [0, 0.1) is 13.8 Å². The highest BCUT2D eigenvalue weighted by molar-refractivity contribution is 7.99. The summed E-state index contributed by atoms with van der Waals surface area (Å²) in [6.07, 6.45) is 1.49. The highest BCUT2D eigenvalue weighted by atomic mass is 32.2. The van der Waals surface area contributed by atoms with Crippen molar-refractivity contribution in [1.29, 1.82) is 0 Å². The van der Waals surface area contributed by atoms with Gasteiger partial charge in [0, 0.05) is 17.0 Å². The first kappa shape index (κ1) is 19.1. The number of aryl methyl sites for hydroxylation is 2. The molecule has 1 N–H and O–H groups in total. The summed E-state index contributed by atoms with van der Waals surface area (Å²) in [7, 11) is 0. The van der Waals surface area contributed by atoms with Crippen molar-refractivity contribution >= 4 is 29.3 Å². The molecule has 2 amide bonds. The van der Waals surface area contributed by atoms with Crippen LogP contribution >= 0.6 is 11.8 Å². The van der Waals surface area contributed by atoms with Crippen molar-refractivity contribution in [2.75, 3.05) is 16.9 Å². The summed E-state index contributed by atoms with van der Waals surface area (Å²) in [4.78, 5) is 27.4. The van der Waals surface area contributed by atoms with Gasteiger partial charge in [-0.05, 0) is 71.8 Å². The first-order valence-corrected chi connectivity index (χ1v) is 10.3. The maximum absolute atomic E-state index is 13.0. The number of tetrazole rings is 1. The Kier molecular flexibility index (Phi) is 5.30. The van der Waals surface area contributed by atoms with E-state index in [0.717, 1.165) is 16.9 Å². The van der Waals surface area contributed by atoms with Crippen LogP contribution in [0.1, 0.15) is 21.5 Å². The molecule has 0 aliphatic carbocycles. The molecular weight excluding hydrogens is 388 g/mol. The number of thioether (sulfide) groups is 1. The van der Waals surface area contributed by atoms with Gasteiger partial charge in [-0.15, -0.1) is 16.9 Å². The van der Waals surface area contributed by atoms with Gasteiger partial charge >= 0.3 is 0 Å². The van der Waals surface area contributed by atoms with Crippen LogP contribution in [0.5, 0.6) is 0 Å². The van der Waals surface area contributed by atoms with Gasteiger partial charge in [0.1, 0.15) is 12.4 Å². The number of nitrogens with one attached hydrogen (secondary N) is 1. The van der Waals surface area contributed by atoms with Crippen LogP contribution in [-0.4, -0.2) is 54.6 Å². The average Bonchev–Trinajstić information content (AvgIpc) is 3.42. The van der Waals surface area contributed by atoms with E-state index in [1.165, 1.54) is 16.6 Å². The fourth-order valence-electron chi connectivity index (χ4n) is 3.11. The molecule has 1 aliphatic heterocycles. The maximum atomic E-state index is 13.0. The van der Waals surface area contributed by atoms with E-state index in [1.807, 2.05) is 32.0 Å². The highest BCUT2D eigenvalue weighted by Gasteiger charge is 2.35. The van der Waals surface area contributed by atoms with Crippen LogP contribution in [0.25, 0.3) is 5.69 Å². The number of benzene rings is 2. The van der Waals surface area contributed by atoms with Gasteiger partial charge in [0.05, 0.1) is 11.6 Å². The molecule has 9 heteroatoms. The molecule has 3 aromatic rings. The van der Waals surface area contributed by atoms with Crippen molar-refractivity contribution in [2.24, 2.45) is 0 Å². The van der Waals surface area contributed by atoms with Crippen LogP contribution < -0.4 is 5.32 Å². The van der Waals surface area contributed by atoms with Gasteiger partial charge in [-0.3, -0.25) is 9.59 Å². The Hall–Kier alpha value is -3.20. The number of carbonyl (C=O) groups excluding carboxylic acids is 2. The zero-order valence-electron chi connectivity index (χ0n) is 16.1. The van der Waals surface area contributed by atoms with Crippen molar-refractivity contribution in [3.05, 3.63) is 65.5 Å². The Balaban J connectivity index is 1.47. The van der Waals surface area contributed by atoms with Gasteiger partial charge in [0.15, 0.2) is 0 Å². The molecule has 1 unspecified atom stereocenters. The Labute approximate surface area is 172 Å². The van der Waals surface area contributed by atoms with E-state index in [0.29, 0.717) is 17.2 Å². The summed E-state index contributed by atoms with van der Waals surface area (Å²) >= 11 is 1.57. The van der Waals surface area contributed by atoms with Gasteiger partial charge in [-0.1, -0.05) is 6.07 Å². The van der Waals surface area contributed by atoms with E-state index in [-0.39, 0.29) is 11.8 Å². The van der Waals surface area contributed by atoms with Gasteiger partial charge in [-0.25, -0.2) is 4.68 Å². The smallest absolute Gasteiger partial charge is 0.255 e. The number of carbonyl (C=O) groups is 2. The van der Waals surface area contributed by atoms with Crippen molar-refractivity contribution < 1.29 is 9.59 Å². The lowest BCUT2D eigenvalue weighted by molar-refractivity contribution is -0.119. The Bertz CT molecular complexity index is 1040. The van der Waals surface area contributed by atoms with E-state index in [4.69, 9.17) is 0 Å². The van der Waals surface area contributed by atoms with Crippen LogP contribution in [0.2, 0.25) is 0 Å². The zero-order valence-corrected chi connectivity index (χ0v) is 16.9. The normalized spacial score (nSPS) is 16.1. The molecule has 8 nitrogen and oxygen atoms in total. The lowest BCUT2D eigenvalue weighted by Crippen LogP contribution is -2.44. The number of rotatable bonds is 4. The summed E-state index contributed by atoms with van der Waals surface area (Å²) in [6, 6.07) is 12.3. The number of anilines is 1. The Morgan fingerprint density at radius 2 is 1.90 bits per heavy atom. The molecule has 0 saturated carbocycles. The van der Waals surface area contributed by atoms with E-state index < -0.39 is 6.04 Å². The molecule has 4 rings (SSSR count). The molecule has 0 bridgehead atoms. The molecule has 0 radical (unpaired) electrons. The molecule has 1 aliphatic rings. The second kappa shape index (κ2) is 8.04. The topological polar surface area (TPSA) is 93.0 Å². The number of amides is 2. The zero-order chi connectivity index (χ0) is 20.4. The number of hydrogen-bond donors (Lipinski definition) is 1. The number of nitrogens with zero attached hydrogens (tertiary/aromatic N) is 5. The van der Waals surface area contributed by atoms with E-state index in [1.54, 1.807) is 40.9 Å². The number of aromatic nitrogens is 4. The second-order valence-corrected chi connectivity index (χ2v) is 7.88. The molecule has 1 fully saturated rings. The van der Waals surface area contributed by atoms with Crippen molar-refractivity contribution in [3.8, 4) is 5.69 Å². The fourth-order valence-corrected chi connectivity index (χ4v) is 4.26. The van der Waals surface area contributed by atoms with Gasteiger partial charge in [0.25, 0.3) is 5.91 Å². The Morgan fingerprint density at radius 3 is 2.59 bits per heavy atom. The van der Waals surface area contributed by atoms with Gasteiger partial charge < -0.3 is 10.2 Å². The standard InChI is InChI=1S/C20H20N6O2S/c1-13-3-6-16(9-14(13)2)22-19(27)18-10-29-12-25(18)20(28)15-4-7-17(8-5-15)26-11-21-23-24-26/h3-9,11,18H,10,12H2,1-2H3,(H,22,27). The summed E-state index contributed by atoms with van der Waals surface area (Å²) in [5.41, 5.74) is 4.30. The molecular formula is C20H20N6O2S. The maximum Gasteiger partial charge on any atom is 0.255 e. The number of hydrogen-bond acceptors (Lipinski definition) is 6. The highest BCUT2D eigenvalue weighted by Crippen LogP contribution is 2.25. The molecule has 1 aromatic heterocycles. The first-order chi connectivity index (χ1) is 14.0. The molecule has 0 spiro atoms. The van der Waals surface area contributed by atoms with Crippen molar-refractivity contribution in [1.82, 2.24) is 25.1 Å². The van der Waals surface area contributed by atoms with Crippen LogP contribution in [-0.2, 0) is 4.79 Å². The summed E-state index contributed by atoms with van der Waals surface area (Å²) < 4.78 is 1.51. The molecule has 2 aromatic carbocycles. The molecule has 29 heavy (non-hydrogen) atoms. The second-order valence-electron chi connectivity index (χ2n) is 6.88. The third-order valence-corrected chi connectivity index (χ3v) is 5.96. The molecule has 148 valence electrons. The van der Waals surface area contributed by atoms with Gasteiger partial charge in [0.2, 0.25) is 5.91 Å². The lowest BCUT2D eigenvalue weighted by atomic mass is 10.1. The van der Waals surface area contributed by atoms with E-state index in [2.05, 4.69) is 20.8 Å². The summed E-state index contributed by atoms with van der Waals surface area (Å²) in [5.74, 6) is 0.722. The van der Waals surface area contributed by atoms with Crippen molar-refractivity contribution in [2.45, 2.75) is 19.9 Å². The van der Waals surface area contributed by atoms with E-state index >= 15 is 0 Å². The lowest BCUT2D eigenvalue weighted by Gasteiger charge is -2.23. The first-order valence-electron chi connectivity index (χ1n) is 9.13. The third kappa shape index (κ3) is 4.00. The third-order valence-electron chi connectivity index (χ3n) is 4.95. The van der Waals surface area contributed by atoms with Crippen LogP contribution in [0.4, 0.5) is 5.69 Å². The average molecular weight is 408 g/mol. The van der Waals surface area contributed by atoms with Crippen LogP contribution in [0.15, 0.2) is 48.8 Å². The SMILES string of the molecule is Cc1ccc(NC(=O)C2CSCN2C(=O)c2ccc(-n3cnnn3)cc2)cc1C. The summed E-state index contributed by atoms with van der Waals surface area (Å²) in [5, 5.41) is 14.0. The molecule has 1 saturated heterocycles. The minimum Gasteiger partial charge on any atom is -0.324 e. The fraction of sp³-hybridized carbons (Fsp3) is 0.250. The monoisotopic (exact) mass is 408 g/mol. The minimum absolute atomic E-state index is 0.168. The summed E-state index contributed by atoms with van der Waals surface area (Å²) in [6.45, 7) is 4.03. The van der Waals surface area contributed by atoms with Crippen LogP contribution in [0.3, 0.4) is 0 Å². The molecule has 1 atom stereocenters.